The predicted octanol–water partition coefficient (Wildman–Crippen LogP) is 0.677. The van der Waals surface area contributed by atoms with Crippen molar-refractivity contribution in [1.29, 1.82) is 0 Å². The summed E-state index contributed by atoms with van der Waals surface area (Å²) in [5.41, 5.74) is 5.36. The third-order valence-electron chi connectivity index (χ3n) is 2.04. The number of thiophene rings is 1. The van der Waals surface area contributed by atoms with Crippen molar-refractivity contribution in [3.63, 3.8) is 0 Å². The largest absolute Gasteiger partial charge is 0.409 e. The van der Waals surface area contributed by atoms with Gasteiger partial charge in [-0.25, -0.2) is 4.98 Å². The fourth-order valence-corrected chi connectivity index (χ4v) is 1.94. The van der Waals surface area contributed by atoms with Crippen LogP contribution in [0.1, 0.15) is 10.7 Å². The number of amidine groups is 1. The van der Waals surface area contributed by atoms with E-state index >= 15 is 0 Å². The summed E-state index contributed by atoms with van der Waals surface area (Å²) in [6.07, 6.45) is 2.47. The zero-order valence-electron chi connectivity index (χ0n) is 8.45. The van der Waals surface area contributed by atoms with Crippen molar-refractivity contribution < 1.29 is 5.21 Å². The van der Waals surface area contributed by atoms with E-state index in [1.807, 2.05) is 11.4 Å². The highest BCUT2D eigenvalue weighted by molar-refractivity contribution is 7.09. The topological polar surface area (TPSA) is 89.3 Å². The van der Waals surface area contributed by atoms with Gasteiger partial charge >= 0.3 is 0 Å². The van der Waals surface area contributed by atoms with E-state index in [9.17, 15) is 0 Å². The number of rotatable bonds is 4. The molecule has 0 saturated carbocycles. The van der Waals surface area contributed by atoms with Gasteiger partial charge in [0, 0.05) is 17.8 Å². The second-order valence-electron chi connectivity index (χ2n) is 3.15. The van der Waals surface area contributed by atoms with Crippen LogP contribution in [-0.2, 0) is 13.0 Å². The molecule has 0 atom stereocenters. The molecule has 0 amide bonds. The molecule has 6 nitrogen and oxygen atoms in total. The van der Waals surface area contributed by atoms with Crippen molar-refractivity contribution in [3.05, 3.63) is 34.5 Å². The highest BCUT2D eigenvalue weighted by atomic mass is 32.1. The Morgan fingerprint density at radius 1 is 1.62 bits per heavy atom. The standard InChI is InChI=1S/C9H11N5OS/c10-8(13-15)9-11-6-14(12-9)4-3-7-2-1-5-16-7/h1-2,5-6,15H,3-4H2,(H2,10,13). The van der Waals surface area contributed by atoms with Gasteiger partial charge in [0.25, 0.3) is 0 Å². The molecular weight excluding hydrogens is 226 g/mol. The van der Waals surface area contributed by atoms with Gasteiger partial charge in [-0.15, -0.1) is 16.4 Å². The van der Waals surface area contributed by atoms with Crippen LogP contribution in [0.5, 0.6) is 0 Å². The summed E-state index contributed by atoms with van der Waals surface area (Å²) < 4.78 is 1.67. The molecule has 0 aromatic carbocycles. The van der Waals surface area contributed by atoms with Crippen LogP contribution in [0.25, 0.3) is 0 Å². The van der Waals surface area contributed by atoms with Gasteiger partial charge in [-0.05, 0) is 11.4 Å². The fourth-order valence-electron chi connectivity index (χ4n) is 1.24. The van der Waals surface area contributed by atoms with E-state index in [1.165, 1.54) is 4.88 Å². The summed E-state index contributed by atoms with van der Waals surface area (Å²) in [7, 11) is 0. The first-order valence-corrected chi connectivity index (χ1v) is 5.57. The molecular formula is C9H11N5OS. The summed E-state index contributed by atoms with van der Waals surface area (Å²) in [6, 6.07) is 4.09. The highest BCUT2D eigenvalue weighted by Crippen LogP contribution is 2.09. The second-order valence-corrected chi connectivity index (χ2v) is 4.18. The molecule has 2 aromatic rings. The van der Waals surface area contributed by atoms with E-state index in [2.05, 4.69) is 21.3 Å². The maximum absolute atomic E-state index is 8.45. The van der Waals surface area contributed by atoms with E-state index < -0.39 is 0 Å². The Bertz CT molecular complexity index is 476. The molecule has 2 aromatic heterocycles. The van der Waals surface area contributed by atoms with Gasteiger partial charge in [0.15, 0.2) is 0 Å². The summed E-state index contributed by atoms with van der Waals surface area (Å²) in [5, 5.41) is 17.4. The quantitative estimate of drug-likeness (QED) is 0.354. The summed E-state index contributed by atoms with van der Waals surface area (Å²) >= 11 is 1.71. The van der Waals surface area contributed by atoms with Crippen molar-refractivity contribution in [2.75, 3.05) is 0 Å². The average molecular weight is 237 g/mol. The first kappa shape index (κ1) is 10.6. The molecule has 2 heterocycles. The molecule has 0 aliphatic rings. The number of oxime groups is 1. The fraction of sp³-hybridized carbons (Fsp3) is 0.222. The van der Waals surface area contributed by atoms with Crippen LogP contribution < -0.4 is 5.73 Å². The van der Waals surface area contributed by atoms with E-state index in [1.54, 1.807) is 22.3 Å². The lowest BCUT2D eigenvalue weighted by Gasteiger charge is -1.97. The molecule has 84 valence electrons. The van der Waals surface area contributed by atoms with Gasteiger partial charge in [-0.2, -0.15) is 0 Å². The Balaban J connectivity index is 1.98. The number of hydrogen-bond acceptors (Lipinski definition) is 5. The SMILES string of the molecule is NC(=NO)c1ncn(CCc2cccs2)n1. The normalized spacial score (nSPS) is 11.9. The van der Waals surface area contributed by atoms with Gasteiger partial charge in [-0.1, -0.05) is 11.2 Å². The first-order chi connectivity index (χ1) is 7.79. The third-order valence-corrected chi connectivity index (χ3v) is 2.98. The van der Waals surface area contributed by atoms with Crippen molar-refractivity contribution >= 4 is 17.2 Å². The van der Waals surface area contributed by atoms with Gasteiger partial charge in [0.2, 0.25) is 11.7 Å². The van der Waals surface area contributed by atoms with Crippen LogP contribution >= 0.6 is 11.3 Å². The van der Waals surface area contributed by atoms with Crippen LogP contribution in [0.15, 0.2) is 29.0 Å². The highest BCUT2D eigenvalue weighted by Gasteiger charge is 2.05. The minimum Gasteiger partial charge on any atom is -0.409 e. The van der Waals surface area contributed by atoms with Gasteiger partial charge in [0.1, 0.15) is 6.33 Å². The van der Waals surface area contributed by atoms with Crippen LogP contribution in [0.2, 0.25) is 0 Å². The molecule has 0 radical (unpaired) electrons. The molecule has 0 saturated heterocycles. The van der Waals surface area contributed by atoms with E-state index in [0.717, 1.165) is 13.0 Å². The van der Waals surface area contributed by atoms with Crippen molar-refractivity contribution in [1.82, 2.24) is 14.8 Å². The summed E-state index contributed by atoms with van der Waals surface area (Å²) in [6.45, 7) is 0.728. The maximum atomic E-state index is 8.45. The predicted molar refractivity (Wildman–Crippen MR) is 60.6 cm³/mol. The van der Waals surface area contributed by atoms with Crippen molar-refractivity contribution in [3.8, 4) is 0 Å². The van der Waals surface area contributed by atoms with Crippen LogP contribution in [0.3, 0.4) is 0 Å². The Morgan fingerprint density at radius 2 is 2.50 bits per heavy atom. The molecule has 7 heteroatoms. The molecule has 16 heavy (non-hydrogen) atoms. The lowest BCUT2D eigenvalue weighted by molar-refractivity contribution is 0.318. The third kappa shape index (κ3) is 2.37. The Morgan fingerprint density at radius 3 is 3.19 bits per heavy atom. The summed E-state index contributed by atoms with van der Waals surface area (Å²) in [4.78, 5) is 5.22. The van der Waals surface area contributed by atoms with E-state index in [-0.39, 0.29) is 11.7 Å². The Hall–Kier alpha value is -1.89. The second kappa shape index (κ2) is 4.75. The Labute approximate surface area is 96.0 Å². The van der Waals surface area contributed by atoms with Crippen LogP contribution in [0.4, 0.5) is 0 Å². The van der Waals surface area contributed by atoms with E-state index in [0.29, 0.717) is 0 Å². The van der Waals surface area contributed by atoms with E-state index in [4.69, 9.17) is 10.9 Å². The monoisotopic (exact) mass is 237 g/mol. The molecule has 0 spiro atoms. The maximum Gasteiger partial charge on any atom is 0.219 e. The number of nitrogens with two attached hydrogens (primary N) is 1. The first-order valence-electron chi connectivity index (χ1n) is 4.69. The molecule has 2 rings (SSSR count). The van der Waals surface area contributed by atoms with Crippen LogP contribution in [0, 0.1) is 0 Å². The summed E-state index contributed by atoms with van der Waals surface area (Å²) in [5.74, 6) is 0.170. The number of aromatic nitrogens is 3. The molecule has 0 unspecified atom stereocenters. The van der Waals surface area contributed by atoms with Crippen LogP contribution in [-0.4, -0.2) is 25.8 Å². The minimum atomic E-state index is -0.0742. The lowest BCUT2D eigenvalue weighted by Crippen LogP contribution is -2.15. The number of nitrogens with zero attached hydrogens (tertiary/aromatic N) is 4. The molecule has 0 aliphatic heterocycles. The molecule has 0 fully saturated rings. The molecule has 3 N–H and O–H groups in total. The van der Waals surface area contributed by atoms with Crippen molar-refractivity contribution in [2.24, 2.45) is 10.9 Å². The number of hydrogen-bond donors (Lipinski definition) is 2. The zero-order valence-corrected chi connectivity index (χ0v) is 9.26. The minimum absolute atomic E-state index is 0.0742. The van der Waals surface area contributed by atoms with Gasteiger partial charge in [-0.3, -0.25) is 4.68 Å². The molecule has 0 bridgehead atoms. The average Bonchev–Trinajstić information content (AvgIpc) is 2.96. The smallest absolute Gasteiger partial charge is 0.219 e. The van der Waals surface area contributed by atoms with Gasteiger partial charge in [0.05, 0.1) is 0 Å². The number of aryl methyl sites for hydroxylation is 2. The lowest BCUT2D eigenvalue weighted by atomic mass is 10.3. The van der Waals surface area contributed by atoms with Crippen molar-refractivity contribution in [2.45, 2.75) is 13.0 Å². The van der Waals surface area contributed by atoms with Gasteiger partial charge < -0.3 is 10.9 Å². The Kier molecular flexibility index (Phi) is 3.16. The zero-order chi connectivity index (χ0) is 11.4. The molecule has 0 aliphatic carbocycles.